The van der Waals surface area contributed by atoms with Gasteiger partial charge in [0.15, 0.2) is 0 Å². The van der Waals surface area contributed by atoms with Gasteiger partial charge in [0.05, 0.1) is 0 Å². The van der Waals surface area contributed by atoms with Crippen LogP contribution in [0.4, 0.5) is 0 Å². The summed E-state index contributed by atoms with van der Waals surface area (Å²) in [5.41, 5.74) is 2.50. The van der Waals surface area contributed by atoms with Crippen molar-refractivity contribution in [2.24, 2.45) is 0 Å². The maximum absolute atomic E-state index is 6.09. The summed E-state index contributed by atoms with van der Waals surface area (Å²) in [6, 6.07) is 12.5. The topological polar surface area (TPSA) is 4.93 Å². The van der Waals surface area contributed by atoms with Gasteiger partial charge in [-0.2, -0.15) is 0 Å². The summed E-state index contributed by atoms with van der Waals surface area (Å²) >= 11 is 9.62. The van der Waals surface area contributed by atoms with Crippen LogP contribution in [0.2, 0.25) is 5.02 Å². The standard InChI is InChI=1S/C14H11BrClN/c1-2-17-13-5-3-9(15)7-11(13)12-8-10(16)4-6-14(12)17/h3-8H,2H2,1H3. The van der Waals surface area contributed by atoms with Crippen molar-refractivity contribution in [1.82, 2.24) is 4.57 Å². The molecule has 3 aromatic rings. The van der Waals surface area contributed by atoms with E-state index in [1.807, 2.05) is 12.1 Å². The number of hydrogen-bond donors (Lipinski definition) is 0. The average Bonchev–Trinajstić information content (AvgIpc) is 2.62. The molecule has 86 valence electrons. The summed E-state index contributed by atoms with van der Waals surface area (Å²) in [6.45, 7) is 3.12. The van der Waals surface area contributed by atoms with E-state index < -0.39 is 0 Å². The molecule has 0 saturated carbocycles. The molecular weight excluding hydrogens is 298 g/mol. The highest BCUT2D eigenvalue weighted by molar-refractivity contribution is 9.10. The Bertz CT molecular complexity index is 656. The molecule has 0 unspecified atom stereocenters. The zero-order chi connectivity index (χ0) is 12.0. The van der Waals surface area contributed by atoms with Crippen LogP contribution in [-0.4, -0.2) is 4.57 Å². The van der Waals surface area contributed by atoms with Crippen LogP contribution in [0.3, 0.4) is 0 Å². The number of hydrogen-bond acceptors (Lipinski definition) is 0. The zero-order valence-corrected chi connectivity index (χ0v) is 11.7. The molecule has 1 nitrogen and oxygen atoms in total. The Balaban J connectivity index is 2.57. The maximum atomic E-state index is 6.09. The SMILES string of the molecule is CCn1c2ccc(Cl)cc2c2cc(Br)ccc21. The molecule has 0 N–H and O–H groups in total. The first-order valence-electron chi connectivity index (χ1n) is 5.57. The zero-order valence-electron chi connectivity index (χ0n) is 9.37. The summed E-state index contributed by atoms with van der Waals surface area (Å²) in [4.78, 5) is 0. The predicted octanol–water partition coefficient (Wildman–Crippen LogP) is 5.23. The van der Waals surface area contributed by atoms with E-state index >= 15 is 0 Å². The number of halogens is 2. The van der Waals surface area contributed by atoms with Gasteiger partial charge >= 0.3 is 0 Å². The minimum atomic E-state index is 0.785. The van der Waals surface area contributed by atoms with E-state index in [9.17, 15) is 0 Å². The van der Waals surface area contributed by atoms with Gasteiger partial charge in [0.1, 0.15) is 0 Å². The van der Waals surface area contributed by atoms with Crippen molar-refractivity contribution in [2.75, 3.05) is 0 Å². The number of aryl methyl sites for hydroxylation is 1. The van der Waals surface area contributed by atoms with E-state index in [2.05, 4.69) is 51.7 Å². The van der Waals surface area contributed by atoms with Gasteiger partial charge in [0, 0.05) is 37.8 Å². The smallest absolute Gasteiger partial charge is 0.0492 e. The molecule has 3 heteroatoms. The highest BCUT2D eigenvalue weighted by atomic mass is 79.9. The van der Waals surface area contributed by atoms with Gasteiger partial charge in [-0.15, -0.1) is 0 Å². The molecular formula is C14H11BrClN. The highest BCUT2D eigenvalue weighted by Gasteiger charge is 2.09. The van der Waals surface area contributed by atoms with Crippen molar-refractivity contribution in [3.05, 3.63) is 45.9 Å². The lowest BCUT2D eigenvalue weighted by Gasteiger charge is -2.02. The Morgan fingerprint density at radius 3 is 2.41 bits per heavy atom. The second kappa shape index (κ2) is 4.04. The summed E-state index contributed by atoms with van der Waals surface area (Å²) in [5, 5.41) is 3.25. The molecule has 3 rings (SSSR count). The van der Waals surface area contributed by atoms with Crippen molar-refractivity contribution < 1.29 is 0 Å². The lowest BCUT2D eigenvalue weighted by atomic mass is 10.1. The van der Waals surface area contributed by atoms with E-state index in [1.165, 1.54) is 21.8 Å². The lowest BCUT2D eigenvalue weighted by molar-refractivity contribution is 0.827. The van der Waals surface area contributed by atoms with Gasteiger partial charge in [0.25, 0.3) is 0 Å². The second-order valence-corrected chi connectivity index (χ2v) is 5.42. The molecule has 0 atom stereocenters. The molecule has 0 radical (unpaired) electrons. The van der Waals surface area contributed by atoms with E-state index in [0.717, 1.165) is 16.0 Å². The number of nitrogens with zero attached hydrogens (tertiary/aromatic N) is 1. The number of fused-ring (bicyclic) bond motifs is 3. The van der Waals surface area contributed by atoms with Gasteiger partial charge in [0.2, 0.25) is 0 Å². The molecule has 0 saturated heterocycles. The number of benzene rings is 2. The van der Waals surface area contributed by atoms with Crippen molar-refractivity contribution in [3.8, 4) is 0 Å². The fraction of sp³-hybridized carbons (Fsp3) is 0.143. The first-order valence-corrected chi connectivity index (χ1v) is 6.75. The molecule has 0 fully saturated rings. The lowest BCUT2D eigenvalue weighted by Crippen LogP contribution is -1.92. The quantitative estimate of drug-likeness (QED) is 0.580. The van der Waals surface area contributed by atoms with Gasteiger partial charge in [-0.05, 0) is 43.3 Å². The predicted molar refractivity (Wildman–Crippen MR) is 77.8 cm³/mol. The first kappa shape index (κ1) is 11.1. The van der Waals surface area contributed by atoms with Crippen LogP contribution in [0.25, 0.3) is 21.8 Å². The molecule has 0 spiro atoms. The van der Waals surface area contributed by atoms with E-state index in [1.54, 1.807) is 0 Å². The third kappa shape index (κ3) is 1.67. The fourth-order valence-corrected chi connectivity index (χ4v) is 2.92. The molecule has 1 aromatic heterocycles. The molecule has 0 aliphatic rings. The van der Waals surface area contributed by atoms with Gasteiger partial charge in [-0.25, -0.2) is 0 Å². The van der Waals surface area contributed by atoms with Crippen LogP contribution in [0.15, 0.2) is 40.9 Å². The van der Waals surface area contributed by atoms with Gasteiger partial charge < -0.3 is 4.57 Å². The number of rotatable bonds is 1. The Morgan fingerprint density at radius 1 is 1.06 bits per heavy atom. The fourth-order valence-electron chi connectivity index (χ4n) is 2.39. The van der Waals surface area contributed by atoms with E-state index in [-0.39, 0.29) is 0 Å². The van der Waals surface area contributed by atoms with E-state index in [0.29, 0.717) is 0 Å². The Kier molecular flexibility index (Phi) is 2.64. The molecule has 2 aromatic carbocycles. The second-order valence-electron chi connectivity index (χ2n) is 4.07. The van der Waals surface area contributed by atoms with Crippen molar-refractivity contribution in [1.29, 1.82) is 0 Å². The Morgan fingerprint density at radius 2 is 1.71 bits per heavy atom. The maximum Gasteiger partial charge on any atom is 0.0492 e. The summed E-state index contributed by atoms with van der Waals surface area (Å²) in [5.74, 6) is 0. The van der Waals surface area contributed by atoms with Crippen molar-refractivity contribution in [3.63, 3.8) is 0 Å². The van der Waals surface area contributed by atoms with Crippen LogP contribution in [0.5, 0.6) is 0 Å². The third-order valence-corrected chi connectivity index (χ3v) is 3.83. The average molecular weight is 309 g/mol. The van der Waals surface area contributed by atoms with Crippen LogP contribution < -0.4 is 0 Å². The molecule has 0 aliphatic heterocycles. The van der Waals surface area contributed by atoms with Crippen LogP contribution >= 0.6 is 27.5 Å². The summed E-state index contributed by atoms with van der Waals surface area (Å²) in [7, 11) is 0. The van der Waals surface area contributed by atoms with Crippen molar-refractivity contribution in [2.45, 2.75) is 13.5 Å². The first-order chi connectivity index (χ1) is 8.20. The van der Waals surface area contributed by atoms with Gasteiger partial charge in [-0.3, -0.25) is 0 Å². The normalized spacial score (nSPS) is 11.5. The molecule has 1 heterocycles. The summed E-state index contributed by atoms with van der Waals surface area (Å²) < 4.78 is 3.41. The van der Waals surface area contributed by atoms with Crippen LogP contribution in [-0.2, 0) is 6.54 Å². The van der Waals surface area contributed by atoms with E-state index in [4.69, 9.17) is 11.6 Å². The van der Waals surface area contributed by atoms with Gasteiger partial charge in [-0.1, -0.05) is 27.5 Å². The third-order valence-electron chi connectivity index (χ3n) is 3.11. The Labute approximate surface area is 113 Å². The molecule has 0 amide bonds. The molecule has 17 heavy (non-hydrogen) atoms. The monoisotopic (exact) mass is 307 g/mol. The minimum Gasteiger partial charge on any atom is -0.341 e. The number of aromatic nitrogens is 1. The minimum absolute atomic E-state index is 0.785. The molecule has 0 bridgehead atoms. The molecule has 0 aliphatic carbocycles. The highest BCUT2D eigenvalue weighted by Crippen LogP contribution is 2.32. The Hall–Kier alpha value is -0.990. The summed E-state index contributed by atoms with van der Waals surface area (Å²) in [6.07, 6.45) is 0. The van der Waals surface area contributed by atoms with Crippen LogP contribution in [0.1, 0.15) is 6.92 Å². The largest absolute Gasteiger partial charge is 0.341 e. The van der Waals surface area contributed by atoms with Crippen LogP contribution in [0, 0.1) is 0 Å². The van der Waals surface area contributed by atoms with Crippen molar-refractivity contribution >= 4 is 49.3 Å².